The van der Waals surface area contributed by atoms with Gasteiger partial charge in [0.2, 0.25) is 5.91 Å². The smallest absolute Gasteiger partial charge is 0.328 e. The Labute approximate surface area is 129 Å². The van der Waals surface area contributed by atoms with Gasteiger partial charge in [-0.1, -0.05) is 32.6 Å². The lowest BCUT2D eigenvalue weighted by molar-refractivity contribution is -0.131. The Morgan fingerprint density at radius 2 is 2.05 bits per heavy atom. The van der Waals surface area contributed by atoms with Crippen LogP contribution >= 0.6 is 11.3 Å². The van der Waals surface area contributed by atoms with Crippen molar-refractivity contribution in [1.82, 2.24) is 5.32 Å². The number of hydrogen-bond acceptors (Lipinski definition) is 3. The van der Waals surface area contributed by atoms with E-state index in [9.17, 15) is 9.59 Å². The molecule has 1 aromatic heterocycles. The molecule has 0 fully saturated rings. The van der Waals surface area contributed by atoms with Gasteiger partial charge in [-0.15, -0.1) is 11.3 Å². The summed E-state index contributed by atoms with van der Waals surface area (Å²) < 4.78 is 0. The first-order valence-electron chi connectivity index (χ1n) is 7.37. The molecule has 1 heterocycles. The molecule has 0 aliphatic rings. The maximum Gasteiger partial charge on any atom is 0.328 e. The van der Waals surface area contributed by atoms with E-state index < -0.39 is 5.97 Å². The summed E-state index contributed by atoms with van der Waals surface area (Å²) in [6, 6.07) is 1.89. The van der Waals surface area contributed by atoms with Crippen LogP contribution in [-0.4, -0.2) is 17.0 Å². The number of aliphatic carboxylic acids is 1. The Morgan fingerprint density at radius 3 is 2.76 bits per heavy atom. The molecule has 0 aliphatic heterocycles. The van der Waals surface area contributed by atoms with Crippen molar-refractivity contribution in [3.63, 3.8) is 0 Å². The van der Waals surface area contributed by atoms with E-state index in [0.29, 0.717) is 13.0 Å². The predicted octanol–water partition coefficient (Wildman–Crippen LogP) is 3.82. The van der Waals surface area contributed by atoms with Crippen LogP contribution in [0.2, 0.25) is 0 Å². The second kappa shape index (κ2) is 10.2. The number of thiophene rings is 1. The van der Waals surface area contributed by atoms with Gasteiger partial charge < -0.3 is 10.4 Å². The highest BCUT2D eigenvalue weighted by molar-refractivity contribution is 7.10. The number of carboxylic acid groups (broad SMARTS) is 1. The molecular weight excluding hydrogens is 286 g/mol. The number of hydrogen-bond donors (Lipinski definition) is 2. The molecule has 0 spiro atoms. The largest absolute Gasteiger partial charge is 0.478 e. The second-order valence-electron chi connectivity index (χ2n) is 4.96. The van der Waals surface area contributed by atoms with Gasteiger partial charge >= 0.3 is 5.97 Å². The van der Waals surface area contributed by atoms with Crippen LogP contribution in [0.4, 0.5) is 0 Å². The summed E-state index contributed by atoms with van der Waals surface area (Å²) in [6.07, 6.45) is 8.97. The molecule has 1 aromatic rings. The van der Waals surface area contributed by atoms with Crippen LogP contribution in [0.25, 0.3) is 6.08 Å². The molecule has 0 radical (unpaired) electrons. The van der Waals surface area contributed by atoms with Gasteiger partial charge in [0.05, 0.1) is 6.54 Å². The highest BCUT2D eigenvalue weighted by Crippen LogP contribution is 2.16. The summed E-state index contributed by atoms with van der Waals surface area (Å²) in [6.45, 7) is 2.69. The molecule has 116 valence electrons. The summed E-state index contributed by atoms with van der Waals surface area (Å²) >= 11 is 1.52. The lowest BCUT2D eigenvalue weighted by Crippen LogP contribution is -2.21. The number of carbonyl (C=O) groups is 2. The van der Waals surface area contributed by atoms with Gasteiger partial charge in [0.15, 0.2) is 0 Å². The van der Waals surface area contributed by atoms with E-state index in [-0.39, 0.29) is 5.91 Å². The molecular formula is C16H23NO3S. The summed E-state index contributed by atoms with van der Waals surface area (Å²) in [5.74, 6) is -0.873. The minimum absolute atomic E-state index is 0.0857. The maximum atomic E-state index is 11.7. The summed E-state index contributed by atoms with van der Waals surface area (Å²) in [4.78, 5) is 23.1. The third-order valence-electron chi connectivity index (χ3n) is 3.06. The number of carboxylic acids is 1. The van der Waals surface area contributed by atoms with Crippen LogP contribution in [0, 0.1) is 0 Å². The van der Waals surface area contributed by atoms with E-state index in [1.807, 2.05) is 11.4 Å². The van der Waals surface area contributed by atoms with E-state index in [1.165, 1.54) is 30.6 Å². The SMILES string of the molecule is CCCCCCCC(=O)NCc1cc(C=CC(=O)O)cs1. The fourth-order valence-electron chi connectivity index (χ4n) is 1.91. The van der Waals surface area contributed by atoms with Gasteiger partial charge in [0.25, 0.3) is 0 Å². The Balaban J connectivity index is 2.22. The number of carbonyl (C=O) groups excluding carboxylic acids is 1. The van der Waals surface area contributed by atoms with Crippen LogP contribution in [0.3, 0.4) is 0 Å². The number of nitrogens with one attached hydrogen (secondary N) is 1. The standard InChI is InChI=1S/C16H23NO3S/c1-2-3-4-5-6-7-15(18)17-11-14-10-13(12-21-14)8-9-16(19)20/h8-10,12H,2-7,11H2,1H3,(H,17,18)(H,19,20). The molecule has 1 amide bonds. The lowest BCUT2D eigenvalue weighted by Gasteiger charge is -2.03. The Morgan fingerprint density at radius 1 is 1.29 bits per heavy atom. The van der Waals surface area contributed by atoms with Crippen LogP contribution in [0.5, 0.6) is 0 Å². The van der Waals surface area contributed by atoms with Gasteiger partial charge in [0, 0.05) is 17.4 Å². The van der Waals surface area contributed by atoms with Gasteiger partial charge in [-0.25, -0.2) is 4.79 Å². The van der Waals surface area contributed by atoms with E-state index in [0.717, 1.165) is 29.4 Å². The third kappa shape index (κ3) is 8.30. The maximum absolute atomic E-state index is 11.7. The van der Waals surface area contributed by atoms with Crippen molar-refractivity contribution in [3.05, 3.63) is 28.0 Å². The monoisotopic (exact) mass is 309 g/mol. The van der Waals surface area contributed by atoms with Crippen molar-refractivity contribution >= 4 is 29.3 Å². The molecule has 21 heavy (non-hydrogen) atoms. The van der Waals surface area contributed by atoms with Gasteiger partial charge in [0.1, 0.15) is 0 Å². The summed E-state index contributed by atoms with van der Waals surface area (Å²) in [5, 5.41) is 13.3. The second-order valence-corrected chi connectivity index (χ2v) is 5.95. The molecule has 4 nitrogen and oxygen atoms in total. The molecule has 1 rings (SSSR count). The molecule has 2 N–H and O–H groups in total. The Bertz CT molecular complexity index is 480. The average Bonchev–Trinajstić information content (AvgIpc) is 2.91. The van der Waals surface area contributed by atoms with Crippen LogP contribution in [0.15, 0.2) is 17.5 Å². The minimum atomic E-state index is -0.959. The lowest BCUT2D eigenvalue weighted by atomic mass is 10.1. The van der Waals surface area contributed by atoms with Gasteiger partial charge in [-0.05, 0) is 29.5 Å². The van der Waals surface area contributed by atoms with Crippen molar-refractivity contribution < 1.29 is 14.7 Å². The zero-order valence-electron chi connectivity index (χ0n) is 12.4. The molecule has 0 aromatic carbocycles. The zero-order chi connectivity index (χ0) is 15.5. The van der Waals surface area contributed by atoms with Crippen molar-refractivity contribution in [2.45, 2.75) is 52.0 Å². The summed E-state index contributed by atoms with van der Waals surface area (Å²) in [5.41, 5.74) is 0.853. The first-order valence-corrected chi connectivity index (χ1v) is 8.25. The predicted molar refractivity (Wildman–Crippen MR) is 86.2 cm³/mol. The van der Waals surface area contributed by atoms with Crippen LogP contribution < -0.4 is 5.32 Å². The van der Waals surface area contributed by atoms with Gasteiger partial charge in [-0.3, -0.25) is 4.79 Å². The van der Waals surface area contributed by atoms with Crippen molar-refractivity contribution in [1.29, 1.82) is 0 Å². The normalized spacial score (nSPS) is 10.9. The van der Waals surface area contributed by atoms with Crippen molar-refractivity contribution in [3.8, 4) is 0 Å². The van der Waals surface area contributed by atoms with E-state index in [2.05, 4.69) is 12.2 Å². The molecule has 5 heteroatoms. The van der Waals surface area contributed by atoms with Crippen molar-refractivity contribution in [2.75, 3.05) is 0 Å². The number of amides is 1. The van der Waals surface area contributed by atoms with Gasteiger partial charge in [-0.2, -0.15) is 0 Å². The molecule has 0 saturated carbocycles. The summed E-state index contributed by atoms with van der Waals surface area (Å²) in [7, 11) is 0. The first-order chi connectivity index (χ1) is 10.1. The van der Waals surface area contributed by atoms with E-state index in [4.69, 9.17) is 5.11 Å². The molecule has 0 bridgehead atoms. The Hall–Kier alpha value is -1.62. The first kappa shape index (κ1) is 17.4. The zero-order valence-corrected chi connectivity index (χ0v) is 13.2. The topological polar surface area (TPSA) is 66.4 Å². The highest BCUT2D eigenvalue weighted by atomic mass is 32.1. The van der Waals surface area contributed by atoms with Crippen LogP contribution in [-0.2, 0) is 16.1 Å². The average molecular weight is 309 g/mol. The number of rotatable bonds is 10. The quantitative estimate of drug-likeness (QED) is 0.510. The molecule has 0 saturated heterocycles. The molecule has 0 unspecified atom stereocenters. The van der Waals surface area contributed by atoms with E-state index >= 15 is 0 Å². The van der Waals surface area contributed by atoms with E-state index in [1.54, 1.807) is 6.08 Å². The molecule has 0 aliphatic carbocycles. The minimum Gasteiger partial charge on any atom is -0.478 e. The van der Waals surface area contributed by atoms with Crippen LogP contribution in [0.1, 0.15) is 55.9 Å². The fraction of sp³-hybridized carbons (Fsp3) is 0.500. The van der Waals surface area contributed by atoms with Crippen molar-refractivity contribution in [2.24, 2.45) is 0 Å². The molecule has 0 atom stereocenters. The highest BCUT2D eigenvalue weighted by Gasteiger charge is 2.03. The third-order valence-corrected chi connectivity index (χ3v) is 4.01. The Kier molecular flexibility index (Phi) is 8.43. The number of unbranched alkanes of at least 4 members (excludes halogenated alkanes) is 4. The fourth-order valence-corrected chi connectivity index (χ4v) is 2.70.